The van der Waals surface area contributed by atoms with Gasteiger partial charge in [-0.3, -0.25) is 9.69 Å². The van der Waals surface area contributed by atoms with E-state index in [9.17, 15) is 4.79 Å². The van der Waals surface area contributed by atoms with Crippen molar-refractivity contribution in [1.82, 2.24) is 9.80 Å². The minimum atomic E-state index is 0.331. The molecule has 0 atom stereocenters. The van der Waals surface area contributed by atoms with Crippen molar-refractivity contribution in [2.75, 3.05) is 32.8 Å². The van der Waals surface area contributed by atoms with Crippen molar-refractivity contribution >= 4 is 5.91 Å². The first kappa shape index (κ1) is 15.3. The fourth-order valence-electron chi connectivity index (χ4n) is 3.16. The topological polar surface area (TPSA) is 32.8 Å². The van der Waals surface area contributed by atoms with Crippen molar-refractivity contribution in [1.29, 1.82) is 0 Å². The predicted octanol–water partition coefficient (Wildman–Crippen LogP) is 2.53. The van der Waals surface area contributed by atoms with Gasteiger partial charge in [-0.1, -0.05) is 18.6 Å². The van der Waals surface area contributed by atoms with E-state index in [1.807, 2.05) is 19.1 Å². The Hall–Kier alpha value is -1.55. The van der Waals surface area contributed by atoms with Crippen molar-refractivity contribution in [2.45, 2.75) is 32.7 Å². The van der Waals surface area contributed by atoms with Crippen molar-refractivity contribution < 1.29 is 9.53 Å². The number of ether oxygens (including phenoxy) is 1. The highest BCUT2D eigenvalue weighted by Crippen LogP contribution is 2.28. The summed E-state index contributed by atoms with van der Waals surface area (Å²) in [5, 5.41) is 0. The predicted molar refractivity (Wildman–Crippen MR) is 86.8 cm³/mol. The summed E-state index contributed by atoms with van der Waals surface area (Å²) in [5.41, 5.74) is 1.31. The molecular weight excluding hydrogens is 276 g/mol. The second-order valence-electron chi connectivity index (χ2n) is 6.31. The summed E-state index contributed by atoms with van der Waals surface area (Å²) < 4.78 is 5.47. The second kappa shape index (κ2) is 7.14. The number of piperazine rings is 1. The smallest absolute Gasteiger partial charge is 0.225 e. The van der Waals surface area contributed by atoms with Crippen LogP contribution in [0.2, 0.25) is 0 Å². The molecule has 1 aliphatic carbocycles. The van der Waals surface area contributed by atoms with Gasteiger partial charge in [-0.25, -0.2) is 0 Å². The highest BCUT2D eigenvalue weighted by Gasteiger charge is 2.31. The van der Waals surface area contributed by atoms with E-state index in [4.69, 9.17) is 4.74 Å². The summed E-state index contributed by atoms with van der Waals surface area (Å²) in [6, 6.07) is 8.35. The Morgan fingerprint density at radius 1 is 1.14 bits per heavy atom. The summed E-state index contributed by atoms with van der Waals surface area (Å²) in [6.07, 6.45) is 3.44. The van der Waals surface area contributed by atoms with Crippen molar-refractivity contribution in [2.24, 2.45) is 5.92 Å². The van der Waals surface area contributed by atoms with E-state index in [1.54, 1.807) is 0 Å². The Morgan fingerprint density at radius 3 is 2.36 bits per heavy atom. The molecule has 22 heavy (non-hydrogen) atoms. The monoisotopic (exact) mass is 302 g/mol. The molecule has 4 heteroatoms. The molecular formula is C18H26N2O2. The van der Waals surface area contributed by atoms with Gasteiger partial charge in [0.25, 0.3) is 0 Å². The fourth-order valence-corrected chi connectivity index (χ4v) is 3.16. The van der Waals surface area contributed by atoms with E-state index in [-0.39, 0.29) is 0 Å². The first-order chi connectivity index (χ1) is 10.8. The number of hydrogen-bond acceptors (Lipinski definition) is 3. The molecule has 1 heterocycles. The third kappa shape index (κ3) is 3.61. The van der Waals surface area contributed by atoms with Crippen LogP contribution in [0.4, 0.5) is 0 Å². The molecule has 3 rings (SSSR count). The third-order valence-electron chi connectivity index (χ3n) is 4.78. The first-order valence-electron chi connectivity index (χ1n) is 8.49. The molecule has 0 bridgehead atoms. The lowest BCUT2D eigenvalue weighted by atomic mass is 9.84. The molecule has 1 saturated heterocycles. The Kier molecular flexibility index (Phi) is 4.98. The number of nitrogens with zero attached hydrogens (tertiary/aromatic N) is 2. The first-order valence-corrected chi connectivity index (χ1v) is 8.49. The zero-order valence-electron chi connectivity index (χ0n) is 13.5. The minimum absolute atomic E-state index is 0.331. The van der Waals surface area contributed by atoms with Gasteiger partial charge in [0, 0.05) is 38.6 Å². The molecule has 1 aromatic rings. The van der Waals surface area contributed by atoms with Crippen LogP contribution in [-0.4, -0.2) is 48.5 Å². The zero-order valence-corrected chi connectivity index (χ0v) is 13.5. The van der Waals surface area contributed by atoms with Crippen LogP contribution >= 0.6 is 0 Å². The average Bonchev–Trinajstić information content (AvgIpc) is 2.48. The van der Waals surface area contributed by atoms with Gasteiger partial charge < -0.3 is 9.64 Å². The molecule has 0 radical (unpaired) electrons. The standard InChI is InChI=1S/C18H26N2O2/c1-2-22-17-8-6-15(7-9-17)14-19-10-12-20(13-11-19)18(21)16-4-3-5-16/h6-9,16H,2-5,10-14H2,1H3. The SMILES string of the molecule is CCOc1ccc(CN2CCN(C(=O)C3CCC3)CC2)cc1. The Morgan fingerprint density at radius 2 is 1.82 bits per heavy atom. The Balaban J connectivity index is 1.46. The number of benzene rings is 1. The van der Waals surface area contributed by atoms with Gasteiger partial charge in [-0.15, -0.1) is 0 Å². The molecule has 0 spiro atoms. The summed E-state index contributed by atoms with van der Waals surface area (Å²) in [4.78, 5) is 16.7. The molecule has 0 N–H and O–H groups in total. The van der Waals surface area contributed by atoms with E-state index in [0.29, 0.717) is 18.4 Å². The van der Waals surface area contributed by atoms with E-state index in [0.717, 1.165) is 51.3 Å². The summed E-state index contributed by atoms with van der Waals surface area (Å²) in [7, 11) is 0. The van der Waals surface area contributed by atoms with Gasteiger partial charge in [0.2, 0.25) is 5.91 Å². The molecule has 1 amide bonds. The maximum absolute atomic E-state index is 12.2. The van der Waals surface area contributed by atoms with Crippen LogP contribution in [0.3, 0.4) is 0 Å². The van der Waals surface area contributed by atoms with Crippen LogP contribution in [0.5, 0.6) is 5.75 Å². The molecule has 2 aliphatic rings. The van der Waals surface area contributed by atoms with Crippen molar-refractivity contribution in [3.05, 3.63) is 29.8 Å². The number of rotatable bonds is 5. The van der Waals surface area contributed by atoms with Gasteiger partial charge >= 0.3 is 0 Å². The van der Waals surface area contributed by atoms with Crippen LogP contribution in [0.25, 0.3) is 0 Å². The van der Waals surface area contributed by atoms with E-state index in [2.05, 4.69) is 21.9 Å². The van der Waals surface area contributed by atoms with Gasteiger partial charge in [0.1, 0.15) is 5.75 Å². The Labute approximate surface area is 133 Å². The zero-order chi connectivity index (χ0) is 15.4. The average molecular weight is 302 g/mol. The molecule has 0 unspecified atom stereocenters. The van der Waals surface area contributed by atoms with Gasteiger partial charge in [0.05, 0.1) is 6.61 Å². The van der Waals surface area contributed by atoms with Crippen LogP contribution in [0.1, 0.15) is 31.7 Å². The van der Waals surface area contributed by atoms with E-state index >= 15 is 0 Å². The minimum Gasteiger partial charge on any atom is -0.494 e. The van der Waals surface area contributed by atoms with Crippen molar-refractivity contribution in [3.63, 3.8) is 0 Å². The quantitative estimate of drug-likeness (QED) is 0.838. The maximum Gasteiger partial charge on any atom is 0.225 e. The summed E-state index contributed by atoms with van der Waals surface area (Å²) in [6.45, 7) is 7.38. The lowest BCUT2D eigenvalue weighted by Crippen LogP contribution is -2.50. The molecule has 1 aliphatic heterocycles. The molecule has 1 saturated carbocycles. The highest BCUT2D eigenvalue weighted by molar-refractivity contribution is 5.79. The van der Waals surface area contributed by atoms with Crippen LogP contribution in [0.15, 0.2) is 24.3 Å². The summed E-state index contributed by atoms with van der Waals surface area (Å²) >= 11 is 0. The number of amides is 1. The Bertz CT molecular complexity index is 488. The van der Waals surface area contributed by atoms with E-state index < -0.39 is 0 Å². The number of hydrogen-bond donors (Lipinski definition) is 0. The summed E-state index contributed by atoms with van der Waals surface area (Å²) in [5.74, 6) is 1.66. The highest BCUT2D eigenvalue weighted by atomic mass is 16.5. The van der Waals surface area contributed by atoms with Gasteiger partial charge in [-0.05, 0) is 37.5 Å². The third-order valence-corrected chi connectivity index (χ3v) is 4.78. The van der Waals surface area contributed by atoms with Crippen molar-refractivity contribution in [3.8, 4) is 5.75 Å². The lowest BCUT2D eigenvalue weighted by molar-refractivity contribution is -0.140. The fraction of sp³-hybridized carbons (Fsp3) is 0.611. The normalized spacial score (nSPS) is 19.8. The molecule has 1 aromatic carbocycles. The van der Waals surface area contributed by atoms with Crippen LogP contribution in [0, 0.1) is 5.92 Å². The van der Waals surface area contributed by atoms with E-state index in [1.165, 1.54) is 12.0 Å². The van der Waals surface area contributed by atoms with Gasteiger partial charge in [-0.2, -0.15) is 0 Å². The molecule has 4 nitrogen and oxygen atoms in total. The molecule has 120 valence electrons. The number of carbonyl (C=O) groups is 1. The molecule has 2 fully saturated rings. The second-order valence-corrected chi connectivity index (χ2v) is 6.31. The van der Waals surface area contributed by atoms with Crippen LogP contribution in [-0.2, 0) is 11.3 Å². The van der Waals surface area contributed by atoms with Gasteiger partial charge in [0.15, 0.2) is 0 Å². The number of carbonyl (C=O) groups excluding carboxylic acids is 1. The van der Waals surface area contributed by atoms with Crippen LogP contribution < -0.4 is 4.74 Å². The maximum atomic E-state index is 12.2. The largest absolute Gasteiger partial charge is 0.494 e. The lowest BCUT2D eigenvalue weighted by Gasteiger charge is -2.38. The molecule has 0 aromatic heterocycles.